The maximum atomic E-state index is 12.3. The van der Waals surface area contributed by atoms with Gasteiger partial charge in [-0.25, -0.2) is 8.42 Å². The first kappa shape index (κ1) is 22.3. The SMILES string of the molecule is COCC(C)(COC)C(=O)NCC[N+](C)(C)CCCS(=O)(=O)[O-]. The summed E-state index contributed by atoms with van der Waals surface area (Å²) in [6.07, 6.45) is 0.303. The highest BCUT2D eigenvalue weighted by atomic mass is 32.2. The van der Waals surface area contributed by atoms with Crippen LogP contribution in [-0.4, -0.2) is 90.3 Å². The van der Waals surface area contributed by atoms with Crippen LogP contribution in [-0.2, 0) is 24.4 Å². The fraction of sp³-hybridized carbons (Fsp3) is 0.929. The number of nitrogens with zero attached hydrogens (tertiary/aromatic N) is 1. The summed E-state index contributed by atoms with van der Waals surface area (Å²) in [6, 6.07) is 0. The van der Waals surface area contributed by atoms with Crippen LogP contribution in [0.15, 0.2) is 0 Å². The van der Waals surface area contributed by atoms with E-state index < -0.39 is 15.5 Å². The Morgan fingerprint density at radius 2 is 1.70 bits per heavy atom. The molecule has 8 nitrogen and oxygen atoms in total. The van der Waals surface area contributed by atoms with Gasteiger partial charge in [0.05, 0.1) is 62.5 Å². The van der Waals surface area contributed by atoms with Crippen LogP contribution < -0.4 is 5.32 Å². The lowest BCUT2D eigenvalue weighted by molar-refractivity contribution is -0.889. The summed E-state index contributed by atoms with van der Waals surface area (Å²) in [7, 11) is 2.74. The lowest BCUT2D eigenvalue weighted by atomic mass is 9.91. The van der Waals surface area contributed by atoms with Gasteiger partial charge in [0.15, 0.2) is 0 Å². The molecule has 0 spiro atoms. The van der Waals surface area contributed by atoms with Gasteiger partial charge in [-0.2, -0.15) is 0 Å². The minimum atomic E-state index is -4.17. The zero-order valence-electron chi connectivity index (χ0n) is 14.8. The summed E-state index contributed by atoms with van der Waals surface area (Å²) in [4.78, 5) is 12.3. The van der Waals surface area contributed by atoms with Crippen molar-refractivity contribution in [2.45, 2.75) is 13.3 Å². The molecule has 0 saturated carbocycles. The first-order valence-corrected chi connectivity index (χ1v) is 9.05. The average Bonchev–Trinajstić information content (AvgIpc) is 2.36. The molecule has 0 rings (SSSR count). The predicted octanol–water partition coefficient (Wildman–Crippen LogP) is -0.587. The van der Waals surface area contributed by atoms with Crippen LogP contribution in [0.25, 0.3) is 0 Å². The molecule has 0 aliphatic heterocycles. The number of quaternary nitrogens is 1. The minimum absolute atomic E-state index is 0.150. The van der Waals surface area contributed by atoms with Crippen molar-refractivity contribution in [3.63, 3.8) is 0 Å². The van der Waals surface area contributed by atoms with Crippen LogP contribution in [0.5, 0.6) is 0 Å². The highest BCUT2D eigenvalue weighted by Crippen LogP contribution is 2.17. The molecule has 0 aromatic rings. The average molecular weight is 354 g/mol. The molecule has 1 N–H and O–H groups in total. The molecular formula is C14H30N2O6S. The summed E-state index contributed by atoms with van der Waals surface area (Å²) in [6.45, 7) is 3.90. The van der Waals surface area contributed by atoms with Crippen molar-refractivity contribution in [2.24, 2.45) is 5.41 Å². The van der Waals surface area contributed by atoms with E-state index in [1.165, 1.54) is 14.2 Å². The molecule has 1 amide bonds. The van der Waals surface area contributed by atoms with Crippen LogP contribution in [0.1, 0.15) is 13.3 Å². The van der Waals surface area contributed by atoms with Gasteiger partial charge in [-0.05, 0) is 6.92 Å². The summed E-state index contributed by atoms with van der Waals surface area (Å²) in [5, 5.41) is 2.86. The second-order valence-electron chi connectivity index (χ2n) is 6.68. The Morgan fingerprint density at radius 3 is 2.13 bits per heavy atom. The third-order valence-electron chi connectivity index (χ3n) is 3.63. The predicted molar refractivity (Wildman–Crippen MR) is 85.9 cm³/mol. The third kappa shape index (κ3) is 9.87. The molecule has 0 aromatic heterocycles. The molecule has 138 valence electrons. The maximum Gasteiger partial charge on any atom is 0.230 e. The fourth-order valence-electron chi connectivity index (χ4n) is 2.28. The summed E-state index contributed by atoms with van der Waals surface area (Å²) >= 11 is 0. The lowest BCUT2D eigenvalue weighted by Gasteiger charge is -2.31. The zero-order chi connectivity index (χ0) is 18.1. The highest BCUT2D eigenvalue weighted by molar-refractivity contribution is 7.85. The Balaban J connectivity index is 4.32. The number of methoxy groups -OCH3 is 2. The lowest BCUT2D eigenvalue weighted by Crippen LogP contribution is -2.50. The van der Waals surface area contributed by atoms with Gasteiger partial charge in [-0.1, -0.05) is 0 Å². The van der Waals surface area contributed by atoms with Gasteiger partial charge in [0, 0.05) is 26.4 Å². The number of hydrogen-bond acceptors (Lipinski definition) is 6. The number of carbonyl (C=O) groups is 1. The van der Waals surface area contributed by atoms with Gasteiger partial charge in [0.1, 0.15) is 0 Å². The maximum absolute atomic E-state index is 12.3. The van der Waals surface area contributed by atoms with E-state index in [-0.39, 0.29) is 24.9 Å². The number of nitrogens with one attached hydrogen (secondary N) is 1. The van der Waals surface area contributed by atoms with Crippen molar-refractivity contribution < 1.29 is 31.7 Å². The highest BCUT2D eigenvalue weighted by Gasteiger charge is 2.33. The van der Waals surface area contributed by atoms with Gasteiger partial charge in [0.25, 0.3) is 0 Å². The number of carbonyl (C=O) groups excluding carboxylic acids is 1. The van der Waals surface area contributed by atoms with E-state index in [1.54, 1.807) is 6.92 Å². The molecule has 0 aromatic carbocycles. The van der Waals surface area contributed by atoms with Crippen molar-refractivity contribution in [3.05, 3.63) is 0 Å². The zero-order valence-corrected chi connectivity index (χ0v) is 15.6. The van der Waals surface area contributed by atoms with Crippen molar-refractivity contribution >= 4 is 16.0 Å². The molecule has 0 atom stereocenters. The van der Waals surface area contributed by atoms with Crippen LogP contribution >= 0.6 is 0 Å². The molecule has 0 aliphatic rings. The van der Waals surface area contributed by atoms with E-state index in [4.69, 9.17) is 9.47 Å². The first-order valence-electron chi connectivity index (χ1n) is 7.47. The molecule has 0 aliphatic carbocycles. The van der Waals surface area contributed by atoms with Gasteiger partial charge in [0.2, 0.25) is 5.91 Å². The van der Waals surface area contributed by atoms with E-state index in [1.807, 2.05) is 14.1 Å². The Kier molecular flexibility index (Phi) is 9.22. The Bertz CT molecular complexity index is 458. The Morgan fingerprint density at radius 1 is 1.17 bits per heavy atom. The molecule has 0 bridgehead atoms. The smallest absolute Gasteiger partial charge is 0.230 e. The number of rotatable bonds is 12. The van der Waals surface area contributed by atoms with Crippen molar-refractivity contribution in [3.8, 4) is 0 Å². The van der Waals surface area contributed by atoms with E-state index in [0.717, 1.165) is 0 Å². The van der Waals surface area contributed by atoms with Gasteiger partial charge < -0.3 is 23.8 Å². The van der Waals surface area contributed by atoms with Crippen molar-refractivity contribution in [1.82, 2.24) is 5.32 Å². The summed E-state index contributed by atoms with van der Waals surface area (Å²) in [5.41, 5.74) is -0.753. The normalized spacial score (nSPS) is 13.1. The van der Waals surface area contributed by atoms with Crippen LogP contribution in [0.2, 0.25) is 0 Å². The largest absolute Gasteiger partial charge is 0.748 e. The summed E-state index contributed by atoms with van der Waals surface area (Å²) in [5.74, 6) is -0.510. The molecule has 23 heavy (non-hydrogen) atoms. The fourth-order valence-corrected chi connectivity index (χ4v) is 2.76. The molecule has 0 radical (unpaired) electrons. The second kappa shape index (κ2) is 9.53. The number of ether oxygens (including phenoxy) is 2. The van der Waals surface area contributed by atoms with E-state index in [2.05, 4.69) is 5.32 Å². The Hall–Kier alpha value is -0.740. The van der Waals surface area contributed by atoms with Gasteiger partial charge >= 0.3 is 0 Å². The molecule has 9 heteroatoms. The molecule has 0 unspecified atom stereocenters. The van der Waals surface area contributed by atoms with Gasteiger partial charge in [-0.3, -0.25) is 4.79 Å². The van der Waals surface area contributed by atoms with E-state index in [0.29, 0.717) is 30.5 Å². The first-order chi connectivity index (χ1) is 10.5. The number of likely N-dealkylation sites (N-methyl/N-ethyl adjacent to an activating group) is 1. The molecular weight excluding hydrogens is 324 g/mol. The second-order valence-corrected chi connectivity index (χ2v) is 8.20. The molecule has 0 heterocycles. The summed E-state index contributed by atoms with van der Waals surface area (Å²) < 4.78 is 42.5. The number of amides is 1. The van der Waals surface area contributed by atoms with Crippen LogP contribution in [0, 0.1) is 5.41 Å². The molecule has 0 fully saturated rings. The van der Waals surface area contributed by atoms with E-state index in [9.17, 15) is 17.8 Å². The van der Waals surface area contributed by atoms with Crippen LogP contribution in [0.4, 0.5) is 0 Å². The molecule has 0 saturated heterocycles. The minimum Gasteiger partial charge on any atom is -0.748 e. The van der Waals surface area contributed by atoms with Crippen LogP contribution in [0.3, 0.4) is 0 Å². The monoisotopic (exact) mass is 354 g/mol. The van der Waals surface area contributed by atoms with Crippen molar-refractivity contribution in [1.29, 1.82) is 0 Å². The third-order valence-corrected chi connectivity index (χ3v) is 4.42. The quantitative estimate of drug-likeness (QED) is 0.371. The number of hydrogen-bond donors (Lipinski definition) is 1. The van der Waals surface area contributed by atoms with Gasteiger partial charge in [-0.15, -0.1) is 0 Å². The van der Waals surface area contributed by atoms with E-state index >= 15 is 0 Å². The van der Waals surface area contributed by atoms with Crippen molar-refractivity contribution in [2.75, 3.05) is 66.9 Å². The topological polar surface area (TPSA) is 105 Å². The Labute approximate surface area is 139 Å². The standard InChI is InChI=1S/C14H30N2O6S/c1-14(11-21-4,12-22-5)13(17)15-7-9-16(2,3)8-6-10-23(18,19)20/h6-12H2,1-5H3,(H-,15,17,18,19,20).